The van der Waals surface area contributed by atoms with Crippen LogP contribution in [0.15, 0.2) is 18.2 Å². The number of carboxylic acid groups (broad SMARTS) is 1. The third-order valence-corrected chi connectivity index (χ3v) is 5.85. The molecule has 0 fully saturated rings. The maximum Gasteiger partial charge on any atom is 0.321 e. The SMILES string of the molecule is CCCC(=O)OC(C)CN[C@@H](Cc1ccc(OC(=O)C(C)CCC)c(OC(=O)C(C)CCC)c1)C(=O)O. The normalized spacial score (nSPS) is 14.2. The van der Waals surface area contributed by atoms with Gasteiger partial charge in [-0.05, 0) is 50.3 Å². The number of carboxylic acids is 1. The van der Waals surface area contributed by atoms with Crippen LogP contribution in [0.25, 0.3) is 0 Å². The molecule has 0 heterocycles. The van der Waals surface area contributed by atoms with Crippen LogP contribution in [0.2, 0.25) is 0 Å². The molecule has 9 nitrogen and oxygen atoms in total. The molecule has 0 saturated heterocycles. The molecule has 0 aliphatic rings. The van der Waals surface area contributed by atoms with E-state index in [-0.39, 0.29) is 42.3 Å². The molecular formula is C28H43NO8. The van der Waals surface area contributed by atoms with Crippen LogP contribution in [0.3, 0.4) is 0 Å². The third-order valence-electron chi connectivity index (χ3n) is 5.85. The van der Waals surface area contributed by atoms with E-state index >= 15 is 0 Å². The lowest BCUT2D eigenvalue weighted by Crippen LogP contribution is -2.42. The van der Waals surface area contributed by atoms with E-state index in [1.165, 1.54) is 12.1 Å². The number of carbonyl (C=O) groups is 4. The Bertz CT molecular complexity index is 900. The van der Waals surface area contributed by atoms with Crippen molar-refractivity contribution in [1.29, 1.82) is 0 Å². The molecule has 0 bridgehead atoms. The molecule has 1 aromatic rings. The van der Waals surface area contributed by atoms with Crippen LogP contribution in [-0.4, -0.2) is 47.7 Å². The number of hydrogen-bond donors (Lipinski definition) is 2. The second-order valence-corrected chi connectivity index (χ2v) is 9.56. The fraction of sp³-hybridized carbons (Fsp3) is 0.643. The van der Waals surface area contributed by atoms with Gasteiger partial charge in [-0.3, -0.25) is 19.2 Å². The molecule has 1 aromatic carbocycles. The Balaban J connectivity index is 3.07. The Labute approximate surface area is 220 Å². The van der Waals surface area contributed by atoms with Crippen molar-refractivity contribution in [2.75, 3.05) is 6.54 Å². The van der Waals surface area contributed by atoms with Crippen molar-refractivity contribution in [1.82, 2.24) is 5.32 Å². The van der Waals surface area contributed by atoms with E-state index in [2.05, 4.69) is 5.32 Å². The minimum absolute atomic E-state index is 0.0699. The molecule has 1 rings (SSSR count). The van der Waals surface area contributed by atoms with Crippen LogP contribution < -0.4 is 14.8 Å². The van der Waals surface area contributed by atoms with E-state index in [9.17, 15) is 24.3 Å². The van der Waals surface area contributed by atoms with E-state index < -0.39 is 30.1 Å². The summed E-state index contributed by atoms with van der Waals surface area (Å²) in [5, 5.41) is 12.6. The second-order valence-electron chi connectivity index (χ2n) is 9.56. The van der Waals surface area contributed by atoms with Crippen LogP contribution in [0.1, 0.15) is 85.6 Å². The Morgan fingerprint density at radius 2 is 1.43 bits per heavy atom. The molecule has 0 radical (unpaired) electrons. The summed E-state index contributed by atoms with van der Waals surface area (Å²) >= 11 is 0. The summed E-state index contributed by atoms with van der Waals surface area (Å²) in [6.45, 7) is 11.2. The second kappa shape index (κ2) is 16.7. The van der Waals surface area contributed by atoms with Crippen molar-refractivity contribution >= 4 is 23.9 Å². The summed E-state index contributed by atoms with van der Waals surface area (Å²) in [4.78, 5) is 48.7. The highest BCUT2D eigenvalue weighted by molar-refractivity contribution is 5.78. The van der Waals surface area contributed by atoms with Crippen molar-refractivity contribution in [3.05, 3.63) is 23.8 Å². The van der Waals surface area contributed by atoms with Crippen LogP contribution in [0, 0.1) is 11.8 Å². The molecule has 0 aromatic heterocycles. The first-order chi connectivity index (χ1) is 17.5. The van der Waals surface area contributed by atoms with Crippen molar-refractivity contribution in [3.63, 3.8) is 0 Å². The van der Waals surface area contributed by atoms with Gasteiger partial charge in [0.05, 0.1) is 11.8 Å². The van der Waals surface area contributed by atoms with Gasteiger partial charge in [0.1, 0.15) is 12.1 Å². The number of rotatable bonds is 17. The molecule has 208 valence electrons. The largest absolute Gasteiger partial charge is 0.480 e. The number of aliphatic carboxylic acids is 1. The van der Waals surface area contributed by atoms with E-state index in [0.717, 1.165) is 12.8 Å². The summed E-state index contributed by atoms with van der Waals surface area (Å²) < 4.78 is 16.4. The van der Waals surface area contributed by atoms with Gasteiger partial charge in [-0.1, -0.05) is 53.5 Å². The zero-order valence-corrected chi connectivity index (χ0v) is 23.0. The molecule has 3 unspecified atom stereocenters. The third kappa shape index (κ3) is 11.8. The maximum atomic E-state index is 12.6. The Morgan fingerprint density at radius 3 is 1.95 bits per heavy atom. The number of esters is 3. The van der Waals surface area contributed by atoms with Gasteiger partial charge >= 0.3 is 23.9 Å². The van der Waals surface area contributed by atoms with Gasteiger partial charge in [-0.15, -0.1) is 0 Å². The summed E-state index contributed by atoms with van der Waals surface area (Å²) in [5.74, 6) is -2.75. The summed E-state index contributed by atoms with van der Waals surface area (Å²) in [5.41, 5.74) is 0.572. The van der Waals surface area contributed by atoms with Crippen molar-refractivity contribution < 1.29 is 38.5 Å². The van der Waals surface area contributed by atoms with Gasteiger partial charge in [-0.2, -0.15) is 0 Å². The highest BCUT2D eigenvalue weighted by atomic mass is 16.6. The zero-order valence-electron chi connectivity index (χ0n) is 23.0. The lowest BCUT2D eigenvalue weighted by atomic mass is 10.0. The molecule has 0 saturated carbocycles. The molecule has 0 aliphatic heterocycles. The van der Waals surface area contributed by atoms with Gasteiger partial charge in [-0.25, -0.2) is 0 Å². The van der Waals surface area contributed by atoms with E-state index in [4.69, 9.17) is 14.2 Å². The zero-order chi connectivity index (χ0) is 28.0. The smallest absolute Gasteiger partial charge is 0.321 e. The fourth-order valence-electron chi connectivity index (χ4n) is 3.68. The molecule has 0 spiro atoms. The molecule has 2 N–H and O–H groups in total. The van der Waals surface area contributed by atoms with Gasteiger partial charge in [0.15, 0.2) is 11.5 Å². The van der Waals surface area contributed by atoms with Crippen molar-refractivity contribution in [2.24, 2.45) is 11.8 Å². The first-order valence-corrected chi connectivity index (χ1v) is 13.2. The van der Waals surface area contributed by atoms with Gasteiger partial charge < -0.3 is 24.6 Å². The van der Waals surface area contributed by atoms with Crippen LogP contribution in [0.4, 0.5) is 0 Å². The van der Waals surface area contributed by atoms with Crippen LogP contribution in [-0.2, 0) is 30.3 Å². The topological polar surface area (TPSA) is 128 Å². The monoisotopic (exact) mass is 521 g/mol. The lowest BCUT2D eigenvalue weighted by Gasteiger charge is -2.20. The summed E-state index contributed by atoms with van der Waals surface area (Å²) in [7, 11) is 0. The van der Waals surface area contributed by atoms with Crippen molar-refractivity contribution in [3.8, 4) is 11.5 Å². The van der Waals surface area contributed by atoms with Crippen molar-refractivity contribution in [2.45, 2.75) is 98.6 Å². The van der Waals surface area contributed by atoms with Gasteiger partial charge in [0.25, 0.3) is 0 Å². The lowest BCUT2D eigenvalue weighted by molar-refractivity contribution is -0.148. The first-order valence-electron chi connectivity index (χ1n) is 13.2. The molecule has 0 amide bonds. The van der Waals surface area contributed by atoms with Crippen LogP contribution in [0.5, 0.6) is 11.5 Å². The number of nitrogens with one attached hydrogen (secondary N) is 1. The summed E-state index contributed by atoms with van der Waals surface area (Å²) in [6, 6.07) is 3.72. The number of hydrogen-bond acceptors (Lipinski definition) is 8. The number of carbonyl (C=O) groups excluding carboxylic acids is 3. The van der Waals surface area contributed by atoms with Crippen LogP contribution >= 0.6 is 0 Å². The molecule has 0 aliphatic carbocycles. The predicted octanol–water partition coefficient (Wildman–Crippen LogP) is 4.69. The first kappa shape index (κ1) is 32.1. The molecule has 9 heteroatoms. The average Bonchev–Trinajstić information content (AvgIpc) is 2.83. The Morgan fingerprint density at radius 1 is 0.865 bits per heavy atom. The number of benzene rings is 1. The average molecular weight is 522 g/mol. The van der Waals surface area contributed by atoms with E-state index in [1.807, 2.05) is 20.8 Å². The van der Waals surface area contributed by atoms with Gasteiger partial charge in [0, 0.05) is 13.0 Å². The number of ether oxygens (including phenoxy) is 3. The Hall–Kier alpha value is -2.94. The molecule has 37 heavy (non-hydrogen) atoms. The highest BCUT2D eigenvalue weighted by Crippen LogP contribution is 2.31. The molecule has 4 atom stereocenters. The quantitative estimate of drug-likeness (QED) is 0.222. The molecular weight excluding hydrogens is 478 g/mol. The van der Waals surface area contributed by atoms with E-state index in [0.29, 0.717) is 31.2 Å². The predicted molar refractivity (Wildman–Crippen MR) is 139 cm³/mol. The fourth-order valence-corrected chi connectivity index (χ4v) is 3.68. The van der Waals surface area contributed by atoms with Gasteiger partial charge in [0.2, 0.25) is 0 Å². The minimum Gasteiger partial charge on any atom is -0.480 e. The summed E-state index contributed by atoms with van der Waals surface area (Å²) in [6.07, 6.45) is 3.49. The highest BCUT2D eigenvalue weighted by Gasteiger charge is 2.24. The minimum atomic E-state index is -1.08. The Kier molecular flexibility index (Phi) is 14.5. The standard InChI is InChI=1S/C28H43NO8/c1-7-10-18(4)27(33)36-23-14-13-21(16-24(23)37-28(34)19(5)11-8-2)15-22(26(31)32)29-17-20(6)35-25(30)12-9-3/h13-14,16,18-20,22,29H,7-12,15,17H2,1-6H3,(H,31,32)/t18?,19?,20?,22-/m0/s1. The maximum absolute atomic E-state index is 12.6. The van der Waals surface area contributed by atoms with E-state index in [1.54, 1.807) is 26.8 Å².